The number of carbonyl (C=O) groups excluding carboxylic acids is 2. The Bertz CT molecular complexity index is 1130. The summed E-state index contributed by atoms with van der Waals surface area (Å²) in [4.78, 5) is 28.2. The van der Waals surface area contributed by atoms with Crippen molar-refractivity contribution in [1.82, 2.24) is 10.2 Å². The Morgan fingerprint density at radius 1 is 1.00 bits per heavy atom. The summed E-state index contributed by atoms with van der Waals surface area (Å²) in [5, 5.41) is 2.96. The molecular weight excluding hydrogens is 502 g/mol. The fourth-order valence-electron chi connectivity index (χ4n) is 4.11. The number of carbonyl (C=O) groups is 2. The van der Waals surface area contributed by atoms with Gasteiger partial charge in [-0.05, 0) is 62.4 Å². The van der Waals surface area contributed by atoms with E-state index in [-0.39, 0.29) is 24.8 Å². The van der Waals surface area contributed by atoms with E-state index in [0.717, 1.165) is 17.4 Å². The third-order valence-electron chi connectivity index (χ3n) is 6.13. The van der Waals surface area contributed by atoms with Crippen LogP contribution in [0.2, 0.25) is 0 Å². The first-order valence-electron chi connectivity index (χ1n) is 13.3. The third kappa shape index (κ3) is 9.67. The van der Waals surface area contributed by atoms with Gasteiger partial charge in [0, 0.05) is 26.1 Å². The lowest BCUT2D eigenvalue weighted by atomic mass is 10.1. The van der Waals surface area contributed by atoms with Gasteiger partial charge < -0.3 is 15.0 Å². The van der Waals surface area contributed by atoms with Crippen LogP contribution in [0, 0.1) is 12.8 Å². The Hall–Kier alpha value is -3.07. The van der Waals surface area contributed by atoms with Crippen LogP contribution < -0.4 is 14.4 Å². The van der Waals surface area contributed by atoms with Crippen LogP contribution in [0.15, 0.2) is 48.5 Å². The normalized spacial score (nSPS) is 12.2. The molecule has 8 nitrogen and oxygen atoms in total. The van der Waals surface area contributed by atoms with Gasteiger partial charge in [-0.2, -0.15) is 0 Å². The van der Waals surface area contributed by atoms with Crippen LogP contribution in [0.1, 0.15) is 58.1 Å². The van der Waals surface area contributed by atoms with E-state index in [1.807, 2.05) is 58.9 Å². The molecule has 0 spiro atoms. The number of benzene rings is 2. The molecule has 38 heavy (non-hydrogen) atoms. The summed E-state index contributed by atoms with van der Waals surface area (Å²) in [7, 11) is -3.56. The van der Waals surface area contributed by atoms with Gasteiger partial charge in [-0.1, -0.05) is 50.6 Å². The van der Waals surface area contributed by atoms with Gasteiger partial charge in [-0.3, -0.25) is 13.9 Å². The third-order valence-corrected chi connectivity index (χ3v) is 7.33. The van der Waals surface area contributed by atoms with Gasteiger partial charge >= 0.3 is 0 Å². The first kappa shape index (κ1) is 31.1. The highest BCUT2D eigenvalue weighted by atomic mass is 32.2. The zero-order valence-corrected chi connectivity index (χ0v) is 24.4. The molecule has 0 saturated heterocycles. The van der Waals surface area contributed by atoms with Crippen molar-refractivity contribution in [1.29, 1.82) is 0 Å². The maximum absolute atomic E-state index is 13.5. The minimum atomic E-state index is -3.56. The molecule has 1 N–H and O–H groups in total. The van der Waals surface area contributed by atoms with Gasteiger partial charge in [0.15, 0.2) is 0 Å². The predicted octanol–water partition coefficient (Wildman–Crippen LogP) is 4.52. The van der Waals surface area contributed by atoms with Crippen molar-refractivity contribution in [3.05, 3.63) is 59.7 Å². The Labute approximate surface area is 228 Å². The van der Waals surface area contributed by atoms with Crippen molar-refractivity contribution in [3.63, 3.8) is 0 Å². The van der Waals surface area contributed by atoms with Gasteiger partial charge in [-0.15, -0.1) is 0 Å². The van der Waals surface area contributed by atoms with Crippen LogP contribution in [0.5, 0.6) is 5.75 Å². The molecule has 2 rings (SSSR count). The highest BCUT2D eigenvalue weighted by molar-refractivity contribution is 7.92. The lowest BCUT2D eigenvalue weighted by Gasteiger charge is -2.31. The minimum Gasteiger partial charge on any atom is -0.494 e. The average molecular weight is 546 g/mol. The molecule has 0 fully saturated rings. The zero-order valence-electron chi connectivity index (χ0n) is 23.6. The first-order chi connectivity index (χ1) is 18.0. The maximum atomic E-state index is 13.5. The molecule has 0 aliphatic rings. The van der Waals surface area contributed by atoms with E-state index in [1.54, 1.807) is 29.2 Å². The van der Waals surface area contributed by atoms with Crippen molar-refractivity contribution in [2.24, 2.45) is 5.92 Å². The number of anilines is 1. The Morgan fingerprint density at radius 3 is 2.16 bits per heavy atom. The summed E-state index contributed by atoms with van der Waals surface area (Å²) in [6, 6.07) is 14.1. The second-order valence-corrected chi connectivity index (χ2v) is 11.8. The molecule has 2 aromatic rings. The number of amides is 2. The number of aryl methyl sites for hydroxylation is 1. The van der Waals surface area contributed by atoms with Crippen molar-refractivity contribution in [2.75, 3.05) is 30.3 Å². The molecule has 210 valence electrons. The lowest BCUT2D eigenvalue weighted by molar-refractivity contribution is -0.141. The highest BCUT2D eigenvalue weighted by Crippen LogP contribution is 2.23. The van der Waals surface area contributed by atoms with Crippen molar-refractivity contribution in [2.45, 2.75) is 66.5 Å². The van der Waals surface area contributed by atoms with Crippen LogP contribution in [-0.4, -0.2) is 57.1 Å². The van der Waals surface area contributed by atoms with Gasteiger partial charge in [-0.25, -0.2) is 8.42 Å². The fourth-order valence-corrected chi connectivity index (χ4v) is 5.08. The second-order valence-electron chi connectivity index (χ2n) is 9.94. The van der Waals surface area contributed by atoms with Crippen LogP contribution >= 0.6 is 0 Å². The molecular formula is C29H43N3O5S. The zero-order chi connectivity index (χ0) is 28.3. The Kier molecular flexibility index (Phi) is 12.1. The van der Waals surface area contributed by atoms with E-state index < -0.39 is 16.1 Å². The topological polar surface area (TPSA) is 96.0 Å². The lowest BCUT2D eigenvalue weighted by Crippen LogP contribution is -2.49. The Balaban J connectivity index is 2.19. The predicted molar refractivity (Wildman–Crippen MR) is 153 cm³/mol. The van der Waals surface area contributed by atoms with E-state index in [4.69, 9.17) is 4.74 Å². The van der Waals surface area contributed by atoms with E-state index in [9.17, 15) is 18.0 Å². The molecule has 0 heterocycles. The molecule has 9 heteroatoms. The number of nitrogens with one attached hydrogen (secondary N) is 1. The van der Waals surface area contributed by atoms with E-state index in [1.165, 1.54) is 4.31 Å². The van der Waals surface area contributed by atoms with Crippen molar-refractivity contribution < 1.29 is 22.7 Å². The monoisotopic (exact) mass is 545 g/mol. The van der Waals surface area contributed by atoms with Gasteiger partial charge in [0.1, 0.15) is 11.8 Å². The van der Waals surface area contributed by atoms with Crippen molar-refractivity contribution >= 4 is 27.5 Å². The van der Waals surface area contributed by atoms with Gasteiger partial charge in [0.2, 0.25) is 21.8 Å². The minimum absolute atomic E-state index is 0.114. The van der Waals surface area contributed by atoms with Crippen LogP contribution in [0.4, 0.5) is 5.69 Å². The van der Waals surface area contributed by atoms with Gasteiger partial charge in [0.05, 0.1) is 18.6 Å². The quantitative estimate of drug-likeness (QED) is 0.355. The first-order valence-corrected chi connectivity index (χ1v) is 15.1. The average Bonchev–Trinajstić information content (AvgIpc) is 2.86. The SMILES string of the molecule is CCOc1ccc(N(CCCC(=O)N(Cc2ccc(C)cc2)[C@H](CC)C(=O)NCC(C)C)S(C)(=O)=O)cc1. The molecule has 2 aromatic carbocycles. The van der Waals surface area contributed by atoms with E-state index in [0.29, 0.717) is 49.9 Å². The summed E-state index contributed by atoms with van der Waals surface area (Å²) in [5.41, 5.74) is 2.56. The molecule has 2 amide bonds. The standard InChI is InChI=1S/C29H43N3O5S/c1-7-27(29(34)30-20-22(3)4)31(21-24-13-11-23(5)12-14-24)28(33)10-9-19-32(38(6,35)36)25-15-17-26(18-16-25)37-8-2/h11-18,22,27H,7-10,19-21H2,1-6H3,(H,30,34)/t27-/m1/s1. The number of rotatable bonds is 15. The van der Waals surface area contributed by atoms with Crippen LogP contribution in [-0.2, 0) is 26.2 Å². The molecule has 1 atom stereocenters. The summed E-state index contributed by atoms with van der Waals surface area (Å²) >= 11 is 0. The molecule has 0 aromatic heterocycles. The number of nitrogens with zero attached hydrogens (tertiary/aromatic N) is 2. The largest absolute Gasteiger partial charge is 0.494 e. The molecule has 0 aliphatic heterocycles. The molecule has 0 aliphatic carbocycles. The molecule has 0 unspecified atom stereocenters. The summed E-state index contributed by atoms with van der Waals surface area (Å²) < 4.78 is 31.8. The van der Waals surface area contributed by atoms with E-state index in [2.05, 4.69) is 5.32 Å². The molecule has 0 saturated carbocycles. The van der Waals surface area contributed by atoms with Crippen LogP contribution in [0.3, 0.4) is 0 Å². The van der Waals surface area contributed by atoms with E-state index >= 15 is 0 Å². The number of sulfonamides is 1. The maximum Gasteiger partial charge on any atom is 0.242 e. The summed E-state index contributed by atoms with van der Waals surface area (Å²) in [6.07, 6.45) is 2.06. The highest BCUT2D eigenvalue weighted by Gasteiger charge is 2.29. The molecule has 0 bridgehead atoms. The van der Waals surface area contributed by atoms with Crippen LogP contribution in [0.25, 0.3) is 0 Å². The second kappa shape index (κ2) is 14.8. The number of hydrogen-bond acceptors (Lipinski definition) is 5. The smallest absolute Gasteiger partial charge is 0.242 e. The number of ether oxygens (including phenoxy) is 1. The summed E-state index contributed by atoms with van der Waals surface area (Å²) in [5.74, 6) is 0.598. The summed E-state index contributed by atoms with van der Waals surface area (Å²) in [6.45, 7) is 11.3. The van der Waals surface area contributed by atoms with Crippen molar-refractivity contribution in [3.8, 4) is 5.75 Å². The number of hydrogen-bond donors (Lipinski definition) is 1. The Morgan fingerprint density at radius 2 is 1.63 bits per heavy atom. The van der Waals surface area contributed by atoms with Gasteiger partial charge in [0.25, 0.3) is 0 Å². The molecule has 0 radical (unpaired) electrons. The fraction of sp³-hybridized carbons (Fsp3) is 0.517.